The second-order valence-corrected chi connectivity index (χ2v) is 0. The second kappa shape index (κ2) is 17.2. The van der Waals surface area contributed by atoms with Crippen molar-refractivity contribution in [1.29, 1.82) is 0 Å². The van der Waals surface area contributed by atoms with Crippen molar-refractivity contribution in [1.82, 2.24) is 0 Å². The van der Waals surface area contributed by atoms with Crippen LogP contribution >= 0.6 is 9.90 Å². The van der Waals surface area contributed by atoms with Crippen LogP contribution in [0.25, 0.3) is 0 Å². The number of rotatable bonds is 0. The molecule has 1 atom stereocenters. The molecule has 0 amide bonds. The maximum absolute atomic E-state index is 0. The van der Waals surface area contributed by atoms with Crippen LogP contribution in [0.5, 0.6) is 0 Å². The molecule has 0 saturated heterocycles. The van der Waals surface area contributed by atoms with Gasteiger partial charge in [0.2, 0.25) is 0 Å². The minimum absolute atomic E-state index is 0. The van der Waals surface area contributed by atoms with Gasteiger partial charge < -0.3 is 0 Å². The molecule has 0 nitrogen and oxygen atoms in total. The van der Waals surface area contributed by atoms with Crippen molar-refractivity contribution < 1.29 is 17.1 Å². The maximum Gasteiger partial charge on any atom is 0 e. The summed E-state index contributed by atoms with van der Waals surface area (Å²) in [5.41, 5.74) is 0. The Morgan fingerprint density at radius 3 is 1.00 bits per heavy atom. The fraction of sp³-hybridized carbons (Fsp3) is 0. The van der Waals surface area contributed by atoms with Gasteiger partial charge in [0.1, 0.15) is 0 Å². The largest absolute Gasteiger partial charge is 0.153 e. The summed E-state index contributed by atoms with van der Waals surface area (Å²) in [7, 11) is 0. The molecule has 0 aliphatic carbocycles. The Labute approximate surface area is 78.4 Å². The van der Waals surface area contributed by atoms with Crippen molar-refractivity contribution >= 4 is 62.5 Å². The first-order chi connectivity index (χ1) is 0. The van der Waals surface area contributed by atoms with E-state index in [1.165, 1.54) is 0 Å². The Morgan fingerprint density at radius 2 is 1.00 bits per heavy atom. The van der Waals surface area contributed by atoms with Crippen molar-refractivity contribution in [2.24, 2.45) is 0 Å². The first-order valence-electron chi connectivity index (χ1n) is 0. The van der Waals surface area contributed by atoms with E-state index in [4.69, 9.17) is 0 Å². The minimum atomic E-state index is 0. The van der Waals surface area contributed by atoms with Crippen molar-refractivity contribution in [2.75, 3.05) is 0 Å². The fourth-order valence-electron chi connectivity index (χ4n) is 0. The molecule has 0 fully saturated rings. The van der Waals surface area contributed by atoms with Crippen LogP contribution in [0.1, 0.15) is 0 Å². The first-order valence-corrected chi connectivity index (χ1v) is 0. The Hall–Kier alpha value is 2.72. The molecule has 0 aromatic rings. The van der Waals surface area contributed by atoms with Gasteiger partial charge in [-0.05, 0) is 0 Å². The van der Waals surface area contributed by atoms with Gasteiger partial charge in [0.25, 0.3) is 0 Å². The molecule has 0 aliphatic rings. The zero-order valence-corrected chi connectivity index (χ0v) is 8.70. The van der Waals surface area contributed by atoms with Crippen LogP contribution in [0.3, 0.4) is 0 Å². The second-order valence-electron chi connectivity index (χ2n) is 0. The van der Waals surface area contributed by atoms with Gasteiger partial charge in [-0.15, -0.1) is 0 Å². The summed E-state index contributed by atoms with van der Waals surface area (Å²) >= 11 is 0. The third kappa shape index (κ3) is 8.83. The maximum atomic E-state index is 0. The SMILES string of the molecule is P.[Fe].[Mg].[Na]. The van der Waals surface area contributed by atoms with Gasteiger partial charge in [0.05, 0.1) is 0 Å². The monoisotopic (exact) mass is 137 g/mol. The molecule has 1 unspecified atom stereocenters. The molecule has 0 aromatic heterocycles. The van der Waals surface area contributed by atoms with Crippen LogP contribution < -0.4 is 0 Å². The van der Waals surface area contributed by atoms with E-state index >= 15 is 0 Å². The summed E-state index contributed by atoms with van der Waals surface area (Å²) in [4.78, 5) is 0. The Bertz CT molecular complexity index is 8.00. The average molecular weight is 137 g/mol. The summed E-state index contributed by atoms with van der Waals surface area (Å²) in [5.74, 6) is 0. The standard InChI is InChI=1S/Fe.Mg.Na.H3P/h;;;1H3. The van der Waals surface area contributed by atoms with Gasteiger partial charge in [-0.25, -0.2) is 0 Å². The third-order valence-electron chi connectivity index (χ3n) is 0. The molecule has 4 heavy (non-hydrogen) atoms. The van der Waals surface area contributed by atoms with Gasteiger partial charge in [-0.1, -0.05) is 0 Å². The van der Waals surface area contributed by atoms with Crippen LogP contribution in [-0.2, 0) is 17.1 Å². The molecule has 3 radical (unpaired) electrons. The van der Waals surface area contributed by atoms with Crippen molar-refractivity contribution in [3.05, 3.63) is 0 Å². The molecular weight excluding hydrogens is 134 g/mol. The van der Waals surface area contributed by atoms with E-state index in [0.29, 0.717) is 0 Å². The Morgan fingerprint density at radius 1 is 1.00 bits per heavy atom. The Balaban J connectivity index is 0. The molecule has 4 heteroatoms. The van der Waals surface area contributed by atoms with Crippen LogP contribution in [-0.4, -0.2) is 52.6 Å². The van der Waals surface area contributed by atoms with Crippen LogP contribution in [0.2, 0.25) is 0 Å². The number of hydrogen-bond donors (Lipinski definition) is 0. The quantitative estimate of drug-likeness (QED) is 0.306. The normalized spacial score (nSPS) is 0. The zero-order valence-electron chi connectivity index (χ0n) is 2.77. The molecule has 19 valence electrons. The minimum Gasteiger partial charge on any atom is -0.153 e. The van der Waals surface area contributed by atoms with E-state index in [2.05, 4.69) is 0 Å². The molecule has 0 heterocycles. The van der Waals surface area contributed by atoms with Gasteiger partial charge in [0.15, 0.2) is 0 Å². The van der Waals surface area contributed by atoms with Gasteiger partial charge in [0, 0.05) is 69.7 Å². The molecule has 0 aromatic carbocycles. The molecule has 0 spiro atoms. The first kappa shape index (κ1) is 29.7. The van der Waals surface area contributed by atoms with E-state index in [0.717, 1.165) is 0 Å². The van der Waals surface area contributed by atoms with Gasteiger partial charge >= 0.3 is 0 Å². The van der Waals surface area contributed by atoms with Gasteiger partial charge in [-0.2, -0.15) is 9.90 Å². The molecule has 0 saturated carbocycles. The molecule has 0 rings (SSSR count). The zero-order chi connectivity index (χ0) is 0. The predicted molar refractivity (Wildman–Crippen MR) is 22.6 cm³/mol. The molecular formula is H3FeMgNaP. The van der Waals surface area contributed by atoms with E-state index in [9.17, 15) is 0 Å². The topological polar surface area (TPSA) is 0 Å². The summed E-state index contributed by atoms with van der Waals surface area (Å²) < 4.78 is 0. The van der Waals surface area contributed by atoms with Crippen LogP contribution in [0, 0.1) is 0 Å². The van der Waals surface area contributed by atoms with E-state index in [1.54, 1.807) is 0 Å². The fourth-order valence-corrected chi connectivity index (χ4v) is 0. The van der Waals surface area contributed by atoms with Crippen molar-refractivity contribution in [2.45, 2.75) is 0 Å². The van der Waals surface area contributed by atoms with Crippen LogP contribution in [0.15, 0.2) is 0 Å². The van der Waals surface area contributed by atoms with Gasteiger partial charge in [-0.3, -0.25) is 0 Å². The van der Waals surface area contributed by atoms with E-state index in [-0.39, 0.29) is 79.6 Å². The molecule has 0 N–H and O–H groups in total. The van der Waals surface area contributed by atoms with Crippen molar-refractivity contribution in [3.63, 3.8) is 0 Å². The summed E-state index contributed by atoms with van der Waals surface area (Å²) in [6.07, 6.45) is 0. The van der Waals surface area contributed by atoms with Crippen LogP contribution in [0.4, 0.5) is 0 Å². The predicted octanol–water partition coefficient (Wildman–Crippen LogP) is -0.706. The Kier molecular flexibility index (Phi) is 128. The average Bonchev–Trinajstić information content (AvgIpc) is 0. The van der Waals surface area contributed by atoms with Crippen molar-refractivity contribution in [3.8, 4) is 0 Å². The summed E-state index contributed by atoms with van der Waals surface area (Å²) in [6, 6.07) is 0. The third-order valence-corrected chi connectivity index (χ3v) is 0. The smallest absolute Gasteiger partial charge is 0 e. The number of hydrogen-bond acceptors (Lipinski definition) is 0. The molecule has 0 aliphatic heterocycles. The molecule has 0 bridgehead atoms. The van der Waals surface area contributed by atoms with E-state index in [1.807, 2.05) is 0 Å². The summed E-state index contributed by atoms with van der Waals surface area (Å²) in [6.45, 7) is 0. The summed E-state index contributed by atoms with van der Waals surface area (Å²) in [5, 5.41) is 0. The van der Waals surface area contributed by atoms with E-state index < -0.39 is 0 Å².